The van der Waals surface area contributed by atoms with Crippen molar-refractivity contribution >= 4 is 45.0 Å². The number of hydrogen-bond acceptors (Lipinski definition) is 4. The molecule has 0 saturated carbocycles. The van der Waals surface area contributed by atoms with Crippen LogP contribution in [-0.2, 0) is 0 Å². The van der Waals surface area contributed by atoms with Crippen molar-refractivity contribution in [3.8, 4) is 0 Å². The van der Waals surface area contributed by atoms with Gasteiger partial charge in [0.25, 0.3) is 11.6 Å². The Hall–Kier alpha value is -2.71. The Kier molecular flexibility index (Phi) is 5.88. The first kappa shape index (κ1) is 19.1. The lowest BCUT2D eigenvalue weighted by Crippen LogP contribution is -2.13. The molecule has 8 heteroatoms. The minimum Gasteiger partial charge on any atom is -0.321 e. The van der Waals surface area contributed by atoms with Crippen LogP contribution in [0.2, 0.25) is 0 Å². The second-order valence-electron chi connectivity index (χ2n) is 5.40. The van der Waals surface area contributed by atoms with Crippen molar-refractivity contribution < 1.29 is 14.1 Å². The first-order valence-corrected chi connectivity index (χ1v) is 9.33. The molecule has 3 rings (SSSR count). The normalized spacial score (nSPS) is 10.4. The fraction of sp³-hybridized carbons (Fsp3) is 0. The Labute approximate surface area is 166 Å². The zero-order chi connectivity index (χ0) is 19.4. The number of nitrogens with zero attached hydrogens (tertiary/aromatic N) is 1. The molecule has 0 heterocycles. The van der Waals surface area contributed by atoms with Crippen molar-refractivity contribution in [3.63, 3.8) is 0 Å². The van der Waals surface area contributed by atoms with E-state index in [1.807, 2.05) is 0 Å². The van der Waals surface area contributed by atoms with Gasteiger partial charge in [-0.1, -0.05) is 36.0 Å². The predicted octanol–water partition coefficient (Wildman–Crippen LogP) is 5.90. The van der Waals surface area contributed by atoms with Gasteiger partial charge >= 0.3 is 0 Å². The number of anilines is 1. The number of carbonyl (C=O) groups excluding carboxylic acids is 1. The van der Waals surface area contributed by atoms with E-state index in [1.54, 1.807) is 42.5 Å². The number of rotatable bonds is 5. The number of amides is 1. The lowest BCUT2D eigenvalue weighted by atomic mass is 10.2. The summed E-state index contributed by atoms with van der Waals surface area (Å²) in [6.45, 7) is 0. The molecule has 136 valence electrons. The molecule has 0 aromatic heterocycles. The largest absolute Gasteiger partial charge is 0.321 e. The molecule has 0 saturated heterocycles. The molecule has 1 amide bonds. The van der Waals surface area contributed by atoms with Crippen molar-refractivity contribution in [2.45, 2.75) is 9.79 Å². The van der Waals surface area contributed by atoms with Gasteiger partial charge in [-0.05, 0) is 46.3 Å². The van der Waals surface area contributed by atoms with Crippen molar-refractivity contribution in [1.29, 1.82) is 0 Å². The van der Waals surface area contributed by atoms with Gasteiger partial charge in [0.15, 0.2) is 0 Å². The van der Waals surface area contributed by atoms with Gasteiger partial charge in [-0.2, -0.15) is 0 Å². The molecular formula is C19H12BrFN2O3S. The number of benzene rings is 3. The lowest BCUT2D eigenvalue weighted by molar-refractivity contribution is -0.384. The molecule has 1 N–H and O–H groups in total. The number of carbonyl (C=O) groups is 1. The van der Waals surface area contributed by atoms with E-state index < -0.39 is 16.6 Å². The summed E-state index contributed by atoms with van der Waals surface area (Å²) >= 11 is 4.37. The van der Waals surface area contributed by atoms with E-state index in [9.17, 15) is 19.3 Å². The Balaban J connectivity index is 1.99. The average molecular weight is 447 g/mol. The molecule has 0 aliphatic heterocycles. The maximum atomic E-state index is 14.0. The molecule has 0 radical (unpaired) electrons. The van der Waals surface area contributed by atoms with Crippen LogP contribution in [0.3, 0.4) is 0 Å². The summed E-state index contributed by atoms with van der Waals surface area (Å²) in [7, 11) is 0. The molecule has 5 nitrogen and oxygen atoms in total. The van der Waals surface area contributed by atoms with Gasteiger partial charge in [-0.25, -0.2) is 4.39 Å². The van der Waals surface area contributed by atoms with Crippen LogP contribution < -0.4 is 5.32 Å². The third-order valence-electron chi connectivity index (χ3n) is 3.60. The molecule has 0 fully saturated rings. The third-order valence-corrected chi connectivity index (χ3v) is 5.42. The molecule has 27 heavy (non-hydrogen) atoms. The summed E-state index contributed by atoms with van der Waals surface area (Å²) in [6, 6.07) is 17.1. The van der Waals surface area contributed by atoms with E-state index >= 15 is 0 Å². The smallest absolute Gasteiger partial charge is 0.270 e. The molecule has 0 aliphatic carbocycles. The van der Waals surface area contributed by atoms with Gasteiger partial charge in [0.05, 0.1) is 16.2 Å². The molecule has 0 spiro atoms. The van der Waals surface area contributed by atoms with Gasteiger partial charge in [-0.3, -0.25) is 14.9 Å². The molecule has 0 unspecified atom stereocenters. The zero-order valence-electron chi connectivity index (χ0n) is 13.7. The van der Waals surface area contributed by atoms with Crippen molar-refractivity contribution in [2.75, 3.05) is 5.32 Å². The fourth-order valence-electron chi connectivity index (χ4n) is 2.30. The van der Waals surface area contributed by atoms with Crippen LogP contribution in [0.25, 0.3) is 0 Å². The highest BCUT2D eigenvalue weighted by molar-refractivity contribution is 9.10. The molecule has 0 aliphatic rings. The second kappa shape index (κ2) is 8.32. The van der Waals surface area contributed by atoms with E-state index in [-0.39, 0.29) is 11.3 Å². The summed E-state index contributed by atoms with van der Waals surface area (Å²) in [5, 5.41) is 13.8. The molecule has 0 bridgehead atoms. The van der Waals surface area contributed by atoms with Crippen molar-refractivity contribution in [1.82, 2.24) is 0 Å². The molecule has 3 aromatic carbocycles. The Morgan fingerprint density at radius 3 is 2.44 bits per heavy atom. The molecule has 3 aromatic rings. The van der Waals surface area contributed by atoms with Gasteiger partial charge in [-0.15, -0.1) is 0 Å². The summed E-state index contributed by atoms with van der Waals surface area (Å²) < 4.78 is 14.7. The van der Waals surface area contributed by atoms with E-state index in [0.717, 1.165) is 11.8 Å². The molecular weight excluding hydrogens is 435 g/mol. The van der Waals surface area contributed by atoms with Gasteiger partial charge in [0.2, 0.25) is 0 Å². The van der Waals surface area contributed by atoms with Gasteiger partial charge in [0, 0.05) is 26.4 Å². The number of hydrogen-bond donors (Lipinski definition) is 1. The number of nitrogens with one attached hydrogen (secondary N) is 1. The fourth-order valence-corrected chi connectivity index (χ4v) is 3.63. The number of nitro groups is 1. The number of nitro benzene ring substituents is 1. The lowest BCUT2D eigenvalue weighted by Gasteiger charge is -2.11. The number of para-hydroxylation sites is 1. The topological polar surface area (TPSA) is 72.2 Å². The highest BCUT2D eigenvalue weighted by atomic mass is 79.9. The monoisotopic (exact) mass is 446 g/mol. The van der Waals surface area contributed by atoms with Gasteiger partial charge < -0.3 is 5.32 Å². The summed E-state index contributed by atoms with van der Waals surface area (Å²) in [6.07, 6.45) is 0. The van der Waals surface area contributed by atoms with E-state index in [0.29, 0.717) is 20.0 Å². The Morgan fingerprint density at radius 2 is 1.74 bits per heavy atom. The van der Waals surface area contributed by atoms with Gasteiger partial charge in [0.1, 0.15) is 5.82 Å². The minimum atomic E-state index is -0.577. The van der Waals surface area contributed by atoms with E-state index in [4.69, 9.17) is 0 Å². The summed E-state index contributed by atoms with van der Waals surface area (Å²) in [5.74, 6) is -0.956. The number of halogens is 2. The second-order valence-corrected chi connectivity index (χ2v) is 7.34. The van der Waals surface area contributed by atoms with Crippen LogP contribution in [0.5, 0.6) is 0 Å². The van der Waals surface area contributed by atoms with Crippen LogP contribution in [0, 0.1) is 15.9 Å². The standard InChI is InChI=1S/C19H12BrFN2O3S/c20-14-5-1-3-7-16(14)22-19(24)13-11-12(23(25)26)9-10-17(13)27-18-8-4-2-6-15(18)21/h1-11H,(H,22,24). The Bertz CT molecular complexity index is 1030. The average Bonchev–Trinajstić information content (AvgIpc) is 2.65. The summed E-state index contributed by atoms with van der Waals surface area (Å²) in [4.78, 5) is 24.0. The SMILES string of the molecule is O=C(Nc1ccccc1Br)c1cc([N+](=O)[O-])ccc1Sc1ccccc1F. The maximum absolute atomic E-state index is 14.0. The van der Waals surface area contributed by atoms with Crippen LogP contribution in [0.4, 0.5) is 15.8 Å². The van der Waals surface area contributed by atoms with Crippen LogP contribution in [0.1, 0.15) is 10.4 Å². The Morgan fingerprint density at radius 1 is 1.04 bits per heavy atom. The van der Waals surface area contributed by atoms with Crippen LogP contribution >= 0.6 is 27.7 Å². The zero-order valence-corrected chi connectivity index (χ0v) is 16.1. The van der Waals surface area contributed by atoms with Crippen molar-refractivity contribution in [2.24, 2.45) is 0 Å². The van der Waals surface area contributed by atoms with E-state index in [2.05, 4.69) is 21.2 Å². The highest BCUT2D eigenvalue weighted by Crippen LogP contribution is 2.34. The van der Waals surface area contributed by atoms with Crippen LogP contribution in [-0.4, -0.2) is 10.8 Å². The van der Waals surface area contributed by atoms with Crippen molar-refractivity contribution in [3.05, 3.63) is 92.7 Å². The van der Waals surface area contributed by atoms with E-state index in [1.165, 1.54) is 24.3 Å². The summed E-state index contributed by atoms with van der Waals surface area (Å²) in [5.41, 5.74) is 0.397. The highest BCUT2D eigenvalue weighted by Gasteiger charge is 2.19. The minimum absolute atomic E-state index is 0.0909. The first-order valence-electron chi connectivity index (χ1n) is 7.72. The van der Waals surface area contributed by atoms with Crippen LogP contribution in [0.15, 0.2) is 81.0 Å². The quantitative estimate of drug-likeness (QED) is 0.391. The first-order chi connectivity index (χ1) is 13.0. The number of non-ortho nitro benzene ring substituents is 1. The third kappa shape index (κ3) is 4.53. The maximum Gasteiger partial charge on any atom is 0.270 e. The predicted molar refractivity (Wildman–Crippen MR) is 106 cm³/mol. The molecule has 0 atom stereocenters.